The zero-order chi connectivity index (χ0) is 15.8. The summed E-state index contributed by atoms with van der Waals surface area (Å²) in [6.45, 7) is 0. The summed E-state index contributed by atoms with van der Waals surface area (Å²) in [4.78, 5) is 30.3. The first-order valence-corrected chi connectivity index (χ1v) is 5.06. The number of alkyl halides is 3. The number of carbonyl (C=O) groups excluding carboxylic acids is 2. The number of nitrogens with one attached hydrogen (secondary N) is 1. The molecule has 0 bridgehead atoms. The lowest BCUT2D eigenvalue weighted by atomic mass is 10.3. The molecule has 1 aromatic rings. The average molecular weight is 292 g/mol. The normalized spacial score (nSPS) is 9.95. The topological polar surface area (TPSA) is 109 Å². The molecule has 2 amide bonds. The van der Waals surface area contributed by atoms with Gasteiger partial charge >= 0.3 is 12.1 Å². The minimum Gasteiger partial charge on any atom is -0.475 e. The molecule has 0 heterocycles. The van der Waals surface area contributed by atoms with E-state index in [4.69, 9.17) is 15.6 Å². The maximum Gasteiger partial charge on any atom is 0.490 e. The van der Waals surface area contributed by atoms with Crippen LogP contribution in [0.25, 0.3) is 0 Å². The van der Waals surface area contributed by atoms with E-state index in [1.54, 1.807) is 24.3 Å². The summed E-state index contributed by atoms with van der Waals surface area (Å²) < 4.78 is 31.7. The van der Waals surface area contributed by atoms with E-state index in [-0.39, 0.29) is 6.42 Å². The van der Waals surface area contributed by atoms with Crippen LogP contribution in [0.3, 0.4) is 0 Å². The number of para-hydroxylation sites is 1. The largest absolute Gasteiger partial charge is 0.490 e. The van der Waals surface area contributed by atoms with Crippen LogP contribution in [-0.4, -0.2) is 29.1 Å². The van der Waals surface area contributed by atoms with Crippen molar-refractivity contribution in [1.82, 2.24) is 0 Å². The molecule has 0 aliphatic heterocycles. The number of halogens is 3. The molecule has 0 aromatic heterocycles. The second kappa shape index (κ2) is 7.77. The third-order valence-corrected chi connectivity index (χ3v) is 1.63. The van der Waals surface area contributed by atoms with E-state index in [9.17, 15) is 22.8 Å². The highest BCUT2D eigenvalue weighted by molar-refractivity contribution is 6.02. The number of carbonyl (C=O) groups is 3. The first-order chi connectivity index (χ1) is 9.12. The number of benzene rings is 1. The molecular formula is C11H11F3N2O4. The van der Waals surface area contributed by atoms with E-state index in [0.29, 0.717) is 5.69 Å². The lowest BCUT2D eigenvalue weighted by Crippen LogP contribution is -2.21. The zero-order valence-corrected chi connectivity index (χ0v) is 9.98. The summed E-state index contributed by atoms with van der Waals surface area (Å²) in [7, 11) is 0. The fourth-order valence-corrected chi connectivity index (χ4v) is 0.885. The Morgan fingerprint density at radius 3 is 1.95 bits per heavy atom. The Morgan fingerprint density at radius 1 is 1.15 bits per heavy atom. The number of carboxylic acid groups (broad SMARTS) is 1. The number of carboxylic acids is 1. The Bertz CT molecular complexity index is 474. The molecule has 0 radical (unpaired) electrons. The fraction of sp³-hybridized carbons (Fsp3) is 0.182. The molecule has 110 valence electrons. The van der Waals surface area contributed by atoms with Crippen LogP contribution in [0.2, 0.25) is 0 Å². The number of hydrogen-bond donors (Lipinski definition) is 3. The van der Waals surface area contributed by atoms with Crippen molar-refractivity contribution >= 4 is 23.5 Å². The van der Waals surface area contributed by atoms with Gasteiger partial charge in [0.2, 0.25) is 11.8 Å². The van der Waals surface area contributed by atoms with E-state index >= 15 is 0 Å². The molecule has 0 saturated carbocycles. The van der Waals surface area contributed by atoms with Gasteiger partial charge in [0.1, 0.15) is 6.42 Å². The van der Waals surface area contributed by atoms with Crippen molar-refractivity contribution in [2.24, 2.45) is 5.73 Å². The molecule has 9 heteroatoms. The van der Waals surface area contributed by atoms with E-state index in [1.807, 2.05) is 6.07 Å². The summed E-state index contributed by atoms with van der Waals surface area (Å²) in [6, 6.07) is 8.89. The molecule has 4 N–H and O–H groups in total. The van der Waals surface area contributed by atoms with Crippen molar-refractivity contribution in [3.8, 4) is 0 Å². The second-order valence-electron chi connectivity index (χ2n) is 3.36. The predicted octanol–water partition coefficient (Wildman–Crippen LogP) is 1.13. The van der Waals surface area contributed by atoms with Gasteiger partial charge in [-0.15, -0.1) is 0 Å². The first-order valence-electron chi connectivity index (χ1n) is 5.06. The minimum atomic E-state index is -5.08. The van der Waals surface area contributed by atoms with Crippen molar-refractivity contribution < 1.29 is 32.7 Å². The number of nitrogens with two attached hydrogens (primary N) is 1. The standard InChI is InChI=1S/C9H10N2O2.C2HF3O2/c10-8(12)6-9(13)11-7-4-2-1-3-5-7;3-2(4,5)1(6)7/h1-5H,6H2,(H2,10,12)(H,11,13);(H,6,7). The van der Waals surface area contributed by atoms with Crippen LogP contribution in [0.1, 0.15) is 6.42 Å². The van der Waals surface area contributed by atoms with Gasteiger partial charge in [-0.3, -0.25) is 9.59 Å². The van der Waals surface area contributed by atoms with Crippen molar-refractivity contribution in [3.05, 3.63) is 30.3 Å². The molecule has 0 atom stereocenters. The maximum atomic E-state index is 11.0. The minimum absolute atomic E-state index is 0.283. The molecule has 0 aliphatic rings. The molecule has 1 aromatic carbocycles. The summed E-state index contributed by atoms with van der Waals surface area (Å²) >= 11 is 0. The van der Waals surface area contributed by atoms with Gasteiger partial charge < -0.3 is 16.2 Å². The first kappa shape index (κ1) is 17.4. The maximum absolute atomic E-state index is 11.0. The molecule has 0 unspecified atom stereocenters. The predicted molar refractivity (Wildman–Crippen MR) is 62.6 cm³/mol. The van der Waals surface area contributed by atoms with Gasteiger partial charge in [0.05, 0.1) is 0 Å². The quantitative estimate of drug-likeness (QED) is 0.725. The van der Waals surface area contributed by atoms with Crippen LogP contribution in [0.5, 0.6) is 0 Å². The van der Waals surface area contributed by atoms with E-state index < -0.39 is 24.0 Å². The number of hydrogen-bond acceptors (Lipinski definition) is 3. The molecule has 0 saturated heterocycles. The van der Waals surface area contributed by atoms with Gasteiger partial charge in [0.25, 0.3) is 0 Å². The van der Waals surface area contributed by atoms with E-state index in [1.165, 1.54) is 0 Å². The highest BCUT2D eigenvalue weighted by Crippen LogP contribution is 2.13. The van der Waals surface area contributed by atoms with Crippen LogP contribution >= 0.6 is 0 Å². The number of aliphatic carboxylic acids is 1. The van der Waals surface area contributed by atoms with Crippen LogP contribution < -0.4 is 11.1 Å². The van der Waals surface area contributed by atoms with Gasteiger partial charge in [0.15, 0.2) is 0 Å². The van der Waals surface area contributed by atoms with Gasteiger partial charge in [-0.2, -0.15) is 13.2 Å². The summed E-state index contributed by atoms with van der Waals surface area (Å²) in [6.07, 6.45) is -5.37. The lowest BCUT2D eigenvalue weighted by molar-refractivity contribution is -0.192. The van der Waals surface area contributed by atoms with Crippen molar-refractivity contribution in [2.75, 3.05) is 5.32 Å². The third-order valence-electron chi connectivity index (χ3n) is 1.63. The van der Waals surface area contributed by atoms with E-state index in [2.05, 4.69) is 5.32 Å². The Kier molecular flexibility index (Phi) is 6.77. The number of rotatable bonds is 3. The summed E-state index contributed by atoms with van der Waals surface area (Å²) in [5.41, 5.74) is 5.51. The van der Waals surface area contributed by atoms with Crippen molar-refractivity contribution in [2.45, 2.75) is 12.6 Å². The van der Waals surface area contributed by atoms with Gasteiger partial charge in [-0.25, -0.2) is 4.79 Å². The van der Waals surface area contributed by atoms with Crippen LogP contribution in [-0.2, 0) is 14.4 Å². The van der Waals surface area contributed by atoms with Crippen LogP contribution in [0, 0.1) is 0 Å². The second-order valence-corrected chi connectivity index (χ2v) is 3.36. The highest BCUT2D eigenvalue weighted by atomic mass is 19.4. The smallest absolute Gasteiger partial charge is 0.475 e. The summed E-state index contributed by atoms with van der Waals surface area (Å²) in [5, 5.41) is 9.66. The monoisotopic (exact) mass is 292 g/mol. The lowest BCUT2D eigenvalue weighted by Gasteiger charge is -2.01. The fourth-order valence-electron chi connectivity index (χ4n) is 0.885. The Labute approximate surface area is 111 Å². The molecule has 0 fully saturated rings. The SMILES string of the molecule is NC(=O)CC(=O)Nc1ccccc1.O=C(O)C(F)(F)F. The highest BCUT2D eigenvalue weighted by Gasteiger charge is 2.38. The average Bonchev–Trinajstić information content (AvgIpc) is 2.28. The van der Waals surface area contributed by atoms with Crippen molar-refractivity contribution in [1.29, 1.82) is 0 Å². The van der Waals surface area contributed by atoms with E-state index in [0.717, 1.165) is 0 Å². The number of amides is 2. The number of primary amides is 1. The van der Waals surface area contributed by atoms with Gasteiger partial charge in [0, 0.05) is 5.69 Å². The zero-order valence-electron chi connectivity index (χ0n) is 9.98. The Hall–Kier alpha value is -2.58. The molecule has 6 nitrogen and oxygen atoms in total. The Morgan fingerprint density at radius 2 is 1.60 bits per heavy atom. The van der Waals surface area contributed by atoms with Gasteiger partial charge in [-0.05, 0) is 12.1 Å². The summed E-state index contributed by atoms with van der Waals surface area (Å²) in [5.74, 6) is -3.78. The Balaban J connectivity index is 0.000000441. The van der Waals surface area contributed by atoms with Gasteiger partial charge in [-0.1, -0.05) is 18.2 Å². The molecular weight excluding hydrogens is 281 g/mol. The van der Waals surface area contributed by atoms with Crippen LogP contribution in [0.15, 0.2) is 30.3 Å². The van der Waals surface area contributed by atoms with Crippen LogP contribution in [0.4, 0.5) is 18.9 Å². The third kappa shape index (κ3) is 8.50. The molecule has 1 rings (SSSR count). The number of anilines is 1. The molecule has 20 heavy (non-hydrogen) atoms. The molecule has 0 aliphatic carbocycles. The van der Waals surface area contributed by atoms with Crippen molar-refractivity contribution in [3.63, 3.8) is 0 Å². The molecule has 0 spiro atoms.